The Hall–Kier alpha value is -2.31. The van der Waals surface area contributed by atoms with Crippen LogP contribution >= 0.6 is 0 Å². The molecule has 0 atom stereocenters. The van der Waals surface area contributed by atoms with Gasteiger partial charge in [0.15, 0.2) is 5.82 Å². The molecule has 6 nitrogen and oxygen atoms in total. The Morgan fingerprint density at radius 2 is 2.12 bits per heavy atom. The van der Waals surface area contributed by atoms with Crippen molar-refractivity contribution in [2.24, 2.45) is 0 Å². The highest BCUT2D eigenvalue weighted by Gasteiger charge is 2.11. The van der Waals surface area contributed by atoms with Crippen LogP contribution in [-0.2, 0) is 4.74 Å². The third-order valence-electron chi connectivity index (χ3n) is 1.91. The summed E-state index contributed by atoms with van der Waals surface area (Å²) < 4.78 is 18.7. The fourth-order valence-electron chi connectivity index (χ4n) is 1.18. The maximum absolute atomic E-state index is 12.6. The van der Waals surface area contributed by atoms with Gasteiger partial charge in [-0.05, 0) is 6.92 Å². The zero-order valence-corrected chi connectivity index (χ0v) is 9.00. The van der Waals surface area contributed by atoms with Crippen molar-refractivity contribution in [3.8, 4) is 5.95 Å². The number of esters is 1. The Morgan fingerprint density at radius 1 is 1.41 bits per heavy atom. The summed E-state index contributed by atoms with van der Waals surface area (Å²) >= 11 is 0. The molecule has 0 aliphatic rings. The molecule has 0 aliphatic heterocycles. The number of ether oxygens (including phenoxy) is 1. The lowest BCUT2D eigenvalue weighted by atomic mass is 10.4. The van der Waals surface area contributed by atoms with E-state index in [2.05, 4.69) is 15.1 Å². The van der Waals surface area contributed by atoms with Gasteiger partial charge in [0.05, 0.1) is 30.8 Å². The first kappa shape index (κ1) is 11.2. The lowest BCUT2D eigenvalue weighted by Gasteiger charge is -1.98. The van der Waals surface area contributed by atoms with Gasteiger partial charge in [0, 0.05) is 6.20 Å². The van der Waals surface area contributed by atoms with Gasteiger partial charge in [-0.3, -0.25) is 0 Å². The fraction of sp³-hybridized carbons (Fsp3) is 0.200. The minimum absolute atomic E-state index is 0.182. The summed E-state index contributed by atoms with van der Waals surface area (Å²) in [5, 5.41) is 3.89. The first-order chi connectivity index (χ1) is 8.20. The number of carbonyl (C=O) groups excluding carboxylic acids is 1. The molecule has 2 heterocycles. The lowest BCUT2D eigenvalue weighted by Crippen LogP contribution is -2.04. The van der Waals surface area contributed by atoms with Crippen LogP contribution in [0.5, 0.6) is 0 Å². The van der Waals surface area contributed by atoms with Gasteiger partial charge in [0.2, 0.25) is 0 Å². The molecule has 7 heteroatoms. The molecule has 0 saturated carbocycles. The van der Waals surface area contributed by atoms with Gasteiger partial charge in [0.1, 0.15) is 0 Å². The number of halogens is 1. The van der Waals surface area contributed by atoms with Crippen molar-refractivity contribution < 1.29 is 13.9 Å². The molecule has 2 aromatic rings. The second kappa shape index (κ2) is 4.69. The van der Waals surface area contributed by atoms with E-state index in [9.17, 15) is 9.18 Å². The Labute approximate surface area is 96.1 Å². The molecule has 0 aliphatic carbocycles. The number of nitrogens with zero attached hydrogens (tertiary/aromatic N) is 4. The molecule has 0 amide bonds. The monoisotopic (exact) mass is 236 g/mol. The van der Waals surface area contributed by atoms with E-state index in [4.69, 9.17) is 4.74 Å². The predicted molar refractivity (Wildman–Crippen MR) is 55.1 cm³/mol. The first-order valence-electron chi connectivity index (χ1n) is 4.90. The molecule has 0 saturated heterocycles. The highest BCUT2D eigenvalue weighted by molar-refractivity contribution is 5.88. The van der Waals surface area contributed by atoms with E-state index in [1.54, 1.807) is 6.92 Å². The average Bonchev–Trinajstić information content (AvgIpc) is 2.80. The van der Waals surface area contributed by atoms with Crippen molar-refractivity contribution in [2.45, 2.75) is 6.92 Å². The molecule has 2 rings (SSSR count). The minimum atomic E-state index is -0.536. The largest absolute Gasteiger partial charge is 0.462 e. The van der Waals surface area contributed by atoms with Crippen LogP contribution in [0.15, 0.2) is 24.8 Å². The van der Waals surface area contributed by atoms with Crippen molar-refractivity contribution >= 4 is 5.97 Å². The van der Waals surface area contributed by atoms with Crippen molar-refractivity contribution in [3.63, 3.8) is 0 Å². The first-order valence-corrected chi connectivity index (χ1v) is 4.90. The summed E-state index contributed by atoms with van der Waals surface area (Å²) in [5.41, 5.74) is 0.291. The highest BCUT2D eigenvalue weighted by atomic mass is 19.1. The number of hydrogen-bond donors (Lipinski definition) is 0. The number of hydrogen-bond acceptors (Lipinski definition) is 5. The van der Waals surface area contributed by atoms with Gasteiger partial charge in [-0.1, -0.05) is 0 Å². The van der Waals surface area contributed by atoms with Crippen molar-refractivity contribution in [1.82, 2.24) is 19.7 Å². The lowest BCUT2D eigenvalue weighted by molar-refractivity contribution is 0.0526. The van der Waals surface area contributed by atoms with E-state index in [-0.39, 0.29) is 12.6 Å². The van der Waals surface area contributed by atoms with Crippen LogP contribution < -0.4 is 0 Å². The Kier molecular flexibility index (Phi) is 3.08. The van der Waals surface area contributed by atoms with Gasteiger partial charge in [-0.2, -0.15) is 5.10 Å². The van der Waals surface area contributed by atoms with Gasteiger partial charge in [-0.25, -0.2) is 23.8 Å². The molecule has 0 bridgehead atoms. The van der Waals surface area contributed by atoms with Gasteiger partial charge in [0.25, 0.3) is 5.95 Å². The number of rotatable bonds is 3. The van der Waals surface area contributed by atoms with Crippen LogP contribution in [0.25, 0.3) is 5.95 Å². The summed E-state index contributed by atoms with van der Waals surface area (Å²) in [5.74, 6) is -0.825. The maximum Gasteiger partial charge on any atom is 0.341 e. The zero-order valence-electron chi connectivity index (χ0n) is 9.00. The van der Waals surface area contributed by atoms with Gasteiger partial charge >= 0.3 is 5.97 Å². The standard InChI is InChI=1S/C10H9FN4O2/c1-2-17-9(16)7-3-14-15(6-7)10-12-4-8(11)5-13-10/h3-6H,2H2,1H3. The molecule has 0 aromatic carbocycles. The maximum atomic E-state index is 12.6. The average molecular weight is 236 g/mol. The molecular formula is C10H9FN4O2. The summed E-state index contributed by atoms with van der Waals surface area (Å²) in [4.78, 5) is 18.8. The topological polar surface area (TPSA) is 69.9 Å². The summed E-state index contributed by atoms with van der Waals surface area (Å²) in [6.07, 6.45) is 4.80. The molecule has 0 N–H and O–H groups in total. The molecule has 0 unspecified atom stereocenters. The highest BCUT2D eigenvalue weighted by Crippen LogP contribution is 2.04. The molecule has 2 aromatic heterocycles. The zero-order chi connectivity index (χ0) is 12.3. The summed E-state index contributed by atoms with van der Waals surface area (Å²) in [6, 6.07) is 0. The van der Waals surface area contributed by atoms with Crippen LogP contribution in [0.4, 0.5) is 4.39 Å². The van der Waals surface area contributed by atoms with E-state index in [0.717, 1.165) is 12.4 Å². The third-order valence-corrected chi connectivity index (χ3v) is 1.91. The van der Waals surface area contributed by atoms with Crippen LogP contribution in [0, 0.1) is 5.82 Å². The molecule has 17 heavy (non-hydrogen) atoms. The smallest absolute Gasteiger partial charge is 0.341 e. The van der Waals surface area contributed by atoms with Gasteiger partial charge < -0.3 is 4.74 Å². The fourth-order valence-corrected chi connectivity index (χ4v) is 1.18. The molecule has 0 spiro atoms. The van der Waals surface area contributed by atoms with Crippen molar-refractivity contribution in [3.05, 3.63) is 36.2 Å². The second-order valence-corrected chi connectivity index (χ2v) is 3.10. The van der Waals surface area contributed by atoms with Crippen LogP contribution in [0.2, 0.25) is 0 Å². The summed E-state index contributed by atoms with van der Waals surface area (Å²) in [6.45, 7) is 2.00. The van der Waals surface area contributed by atoms with Crippen LogP contribution in [0.3, 0.4) is 0 Å². The molecule has 88 valence electrons. The van der Waals surface area contributed by atoms with Crippen LogP contribution in [-0.4, -0.2) is 32.3 Å². The molecule has 0 fully saturated rings. The predicted octanol–water partition coefficient (Wildman–Crippen LogP) is 0.978. The second-order valence-electron chi connectivity index (χ2n) is 3.10. The summed E-state index contributed by atoms with van der Waals surface area (Å²) in [7, 11) is 0. The van der Waals surface area contributed by atoms with Crippen LogP contribution in [0.1, 0.15) is 17.3 Å². The quantitative estimate of drug-likeness (QED) is 0.743. The van der Waals surface area contributed by atoms with E-state index < -0.39 is 11.8 Å². The van der Waals surface area contributed by atoms with E-state index in [0.29, 0.717) is 5.56 Å². The number of aromatic nitrogens is 4. The molecule has 0 radical (unpaired) electrons. The minimum Gasteiger partial charge on any atom is -0.462 e. The molecular weight excluding hydrogens is 227 g/mol. The number of carbonyl (C=O) groups is 1. The van der Waals surface area contributed by atoms with E-state index in [1.807, 2.05) is 0 Å². The van der Waals surface area contributed by atoms with E-state index in [1.165, 1.54) is 17.1 Å². The Balaban J connectivity index is 2.23. The normalized spacial score (nSPS) is 10.2. The third kappa shape index (κ3) is 2.44. The SMILES string of the molecule is CCOC(=O)c1cnn(-c2ncc(F)cn2)c1. The van der Waals surface area contributed by atoms with E-state index >= 15 is 0 Å². The van der Waals surface area contributed by atoms with Crippen molar-refractivity contribution in [2.75, 3.05) is 6.61 Å². The Morgan fingerprint density at radius 3 is 2.76 bits per heavy atom. The Bertz CT molecular complexity index is 523. The van der Waals surface area contributed by atoms with Crippen molar-refractivity contribution in [1.29, 1.82) is 0 Å². The van der Waals surface area contributed by atoms with Gasteiger partial charge in [-0.15, -0.1) is 0 Å².